The minimum absolute atomic E-state index is 0. The van der Waals surface area contributed by atoms with E-state index in [0.29, 0.717) is 13.2 Å². The Kier molecular flexibility index (Phi) is 12.3. The number of halogens is 2. The minimum atomic E-state index is -3.92. The van der Waals surface area contributed by atoms with Crippen LogP contribution in [-0.2, 0) is 34.6 Å². The number of hydrogen-bond acceptors (Lipinski definition) is 0. The van der Waals surface area contributed by atoms with Crippen LogP contribution in [0, 0.1) is 12.8 Å². The van der Waals surface area contributed by atoms with Gasteiger partial charge in [-0.15, -0.1) is 24.8 Å². The van der Waals surface area contributed by atoms with Crippen LogP contribution in [0.4, 0.5) is 0 Å². The number of benzene rings is 5. The van der Waals surface area contributed by atoms with Gasteiger partial charge in [-0.25, -0.2) is 0 Å². The van der Waals surface area contributed by atoms with Gasteiger partial charge in [-0.3, -0.25) is 0 Å². The zero-order valence-electron chi connectivity index (χ0n) is 35.0. The van der Waals surface area contributed by atoms with Gasteiger partial charge in [0.25, 0.3) is 0 Å². The molecule has 0 amide bonds. The van der Waals surface area contributed by atoms with E-state index in [9.17, 15) is 0 Å². The number of allylic oxidation sites excluding steroid dienone is 2. The Hall–Kier alpha value is -2.74. The summed E-state index contributed by atoms with van der Waals surface area (Å²) in [7, 11) is 0. The summed E-state index contributed by atoms with van der Waals surface area (Å²) >= 11 is -3.92. The molecule has 0 aromatic heterocycles. The molecule has 5 aromatic carbocycles. The van der Waals surface area contributed by atoms with Crippen molar-refractivity contribution in [2.75, 3.05) is 0 Å². The topological polar surface area (TPSA) is 0 Å². The third-order valence-corrected chi connectivity index (χ3v) is 29.9. The first-order chi connectivity index (χ1) is 24.8. The van der Waals surface area contributed by atoms with Gasteiger partial charge in [-0.05, 0) is 0 Å². The van der Waals surface area contributed by atoms with Crippen molar-refractivity contribution in [2.24, 2.45) is 5.92 Å². The first-order valence-electron chi connectivity index (χ1n) is 19.8. The SMILES string of the molecule is Cc1ccc(-c2ccc(C(C)(C)C)cc2)c2c1[CH]([Zr]([CH3])([CH3])(=[SiH2])[CH]1C(C(C)C)=Cc3c(-c4ccc(C(C)(C)C)cc4)cccc31)C(Cc1ccccc1)=C2.Cl.Cl. The number of fused-ring (bicyclic) bond motifs is 2. The molecule has 55 heavy (non-hydrogen) atoms. The molecule has 0 radical (unpaired) electrons. The maximum Gasteiger partial charge on any atom is -0.147 e. The summed E-state index contributed by atoms with van der Waals surface area (Å²) in [4.78, 5) is 0. The molecule has 2 atom stereocenters. The Bertz CT molecular complexity index is 2320. The van der Waals surface area contributed by atoms with Gasteiger partial charge in [0.05, 0.1) is 0 Å². The molecule has 0 bridgehead atoms. The van der Waals surface area contributed by atoms with Crippen molar-refractivity contribution in [1.29, 1.82) is 0 Å². The first kappa shape index (κ1) is 43.4. The van der Waals surface area contributed by atoms with Gasteiger partial charge < -0.3 is 0 Å². The van der Waals surface area contributed by atoms with Crippen LogP contribution in [0.1, 0.15) is 107 Å². The molecule has 288 valence electrons. The number of aryl methyl sites for hydroxylation is 1. The summed E-state index contributed by atoms with van der Waals surface area (Å²) in [5.41, 5.74) is 20.6. The normalized spacial score (nSPS) is 16.8. The van der Waals surface area contributed by atoms with Crippen molar-refractivity contribution in [2.45, 2.75) is 96.1 Å². The molecule has 0 N–H and O–H groups in total. The van der Waals surface area contributed by atoms with Gasteiger partial charge >= 0.3 is 326 Å². The van der Waals surface area contributed by atoms with Crippen LogP contribution in [0.25, 0.3) is 34.4 Å². The summed E-state index contributed by atoms with van der Waals surface area (Å²) in [6, 6.07) is 42.1. The van der Waals surface area contributed by atoms with Gasteiger partial charge in [0.2, 0.25) is 0 Å². The molecule has 5 aromatic rings. The van der Waals surface area contributed by atoms with Crippen molar-refractivity contribution in [3.63, 3.8) is 0 Å². The van der Waals surface area contributed by atoms with E-state index in [1.165, 1.54) is 55.6 Å². The summed E-state index contributed by atoms with van der Waals surface area (Å²) in [6.45, 7) is 23.5. The molecule has 4 heteroatoms. The molecule has 2 aliphatic carbocycles. The molecule has 7 rings (SSSR count). The molecule has 0 saturated carbocycles. The van der Waals surface area contributed by atoms with Gasteiger partial charge in [0.15, 0.2) is 0 Å². The quantitative estimate of drug-likeness (QED) is 0.143. The maximum absolute atomic E-state index is 3.92. The molecule has 0 aliphatic heterocycles. The molecular weight excluding hydrogens is 803 g/mol. The third kappa shape index (κ3) is 8.06. The van der Waals surface area contributed by atoms with Crippen LogP contribution in [0.3, 0.4) is 0 Å². The van der Waals surface area contributed by atoms with E-state index in [-0.39, 0.29) is 35.6 Å². The largest absolute Gasteiger partial charge is 0.147 e. The van der Waals surface area contributed by atoms with E-state index >= 15 is 0 Å². The van der Waals surface area contributed by atoms with Crippen LogP contribution >= 0.6 is 24.8 Å². The predicted octanol–water partition coefficient (Wildman–Crippen LogP) is 14.6. The van der Waals surface area contributed by atoms with Gasteiger partial charge in [-0.1, -0.05) is 0 Å². The molecule has 0 heterocycles. The zero-order valence-corrected chi connectivity index (χ0v) is 40.5. The van der Waals surface area contributed by atoms with E-state index in [0.717, 1.165) is 6.42 Å². The van der Waals surface area contributed by atoms with Gasteiger partial charge in [-0.2, -0.15) is 0 Å². The fourth-order valence-electron chi connectivity index (χ4n) is 9.76. The second-order valence-corrected chi connectivity index (χ2v) is 50.2. The van der Waals surface area contributed by atoms with Crippen molar-refractivity contribution in [3.05, 3.63) is 165 Å². The summed E-state index contributed by atoms with van der Waals surface area (Å²) < 4.78 is 6.52. The van der Waals surface area contributed by atoms with E-state index in [4.69, 9.17) is 0 Å². The smallest absolute Gasteiger partial charge is 0.147 e. The summed E-state index contributed by atoms with van der Waals surface area (Å²) in [6.07, 6.45) is 6.26. The van der Waals surface area contributed by atoms with Gasteiger partial charge in [0, 0.05) is 0 Å². The Morgan fingerprint density at radius 2 is 1.13 bits per heavy atom. The first-order valence-corrected chi connectivity index (χ1v) is 33.5. The van der Waals surface area contributed by atoms with E-state index in [2.05, 4.69) is 200 Å². The summed E-state index contributed by atoms with van der Waals surface area (Å²) in [5, 5.41) is 0. The monoisotopic (exact) mass is 862 g/mol. The van der Waals surface area contributed by atoms with Crippen molar-refractivity contribution in [1.82, 2.24) is 0 Å². The average Bonchev–Trinajstić information content (AvgIpc) is 3.70. The molecule has 0 spiro atoms. The van der Waals surface area contributed by atoms with Crippen LogP contribution in [-0.4, -0.2) is 6.88 Å². The minimum Gasteiger partial charge on any atom is -0.147 e. The van der Waals surface area contributed by atoms with Crippen LogP contribution < -0.4 is 0 Å². The Labute approximate surface area is 347 Å². The van der Waals surface area contributed by atoms with Crippen LogP contribution in [0.15, 0.2) is 120 Å². The van der Waals surface area contributed by atoms with Crippen LogP contribution in [0.5, 0.6) is 0 Å². The maximum atomic E-state index is 2.81. The molecule has 2 aliphatic rings. The van der Waals surface area contributed by atoms with Crippen molar-refractivity contribution >= 4 is 43.8 Å². The van der Waals surface area contributed by atoms with E-state index in [1.807, 2.05) is 0 Å². The number of hydrogen-bond donors (Lipinski definition) is 0. The number of rotatable bonds is 7. The average molecular weight is 865 g/mol. The zero-order chi connectivity index (χ0) is 38.1. The van der Waals surface area contributed by atoms with Crippen LogP contribution in [0.2, 0.25) is 9.26 Å². The molecule has 2 unspecified atom stereocenters. The molecular formula is C51H62Cl2SiZr. The van der Waals surface area contributed by atoms with E-state index < -0.39 is 17.4 Å². The van der Waals surface area contributed by atoms with E-state index in [1.54, 1.807) is 22.3 Å². The molecule has 0 saturated heterocycles. The Balaban J connectivity index is 0.00000290. The standard InChI is InChI=1S/C27H27.C22H25.2CH3.2ClH.H2Si.Zr/c1-19-10-15-24(22-11-13-23(14-12-22)27(2,3)4)26-18-21(17-25(19)26)16-20-8-6-5-7-9-20;1-15(2)18-13-17-7-6-8-20(21(17)14-18)16-9-11-19(12-10-16)22(3,4)5;;;;;;/h5-15,17-18H,16H2,1-4H3;6-15H,1-5H3;2*1H3;2*1H;1H2;. The molecule has 0 fully saturated rings. The molecule has 0 nitrogen and oxygen atoms in total. The fourth-order valence-corrected chi connectivity index (χ4v) is 29.6. The Morgan fingerprint density at radius 1 is 0.600 bits per heavy atom. The van der Waals surface area contributed by atoms with Crippen molar-refractivity contribution in [3.8, 4) is 22.3 Å². The Morgan fingerprint density at radius 3 is 1.64 bits per heavy atom. The predicted molar refractivity (Wildman–Crippen MR) is 247 cm³/mol. The third-order valence-electron chi connectivity index (χ3n) is 12.5. The van der Waals surface area contributed by atoms with Crippen molar-refractivity contribution < 1.29 is 17.4 Å². The second kappa shape index (κ2) is 15.5. The summed E-state index contributed by atoms with van der Waals surface area (Å²) in [5.74, 6) is 0.470. The fraction of sp³-hybridized carbons (Fsp3) is 0.333. The second-order valence-electron chi connectivity index (χ2n) is 19.7. The van der Waals surface area contributed by atoms with Gasteiger partial charge in [0.1, 0.15) is 0 Å².